The highest BCUT2D eigenvalue weighted by molar-refractivity contribution is 5.82. The first kappa shape index (κ1) is 11.9. The van der Waals surface area contributed by atoms with Gasteiger partial charge in [-0.1, -0.05) is 54.6 Å². The zero-order valence-electron chi connectivity index (χ0n) is 10.7. The summed E-state index contributed by atoms with van der Waals surface area (Å²) in [6.07, 6.45) is 2.65. The molecule has 0 spiro atoms. The molecule has 0 radical (unpaired) electrons. The second-order valence-electron chi connectivity index (χ2n) is 4.72. The first-order chi connectivity index (χ1) is 9.34. The largest absolute Gasteiger partial charge is 0.324 e. The zero-order valence-corrected chi connectivity index (χ0v) is 10.7. The lowest BCUT2D eigenvalue weighted by Gasteiger charge is -2.14. The van der Waals surface area contributed by atoms with Crippen molar-refractivity contribution in [3.63, 3.8) is 0 Å². The van der Waals surface area contributed by atoms with Crippen molar-refractivity contribution in [3.05, 3.63) is 78.0 Å². The second-order valence-corrected chi connectivity index (χ2v) is 4.72. The van der Waals surface area contributed by atoms with E-state index in [1.165, 1.54) is 5.56 Å². The summed E-state index contributed by atoms with van der Waals surface area (Å²) < 4.78 is 0. The minimum absolute atomic E-state index is 0.0269. The standard InChI is InChI=1S/C17H16N2/c18-16(12-13-6-2-1-3-7-13)15-10-4-8-14-9-5-11-19-17(14)15/h1-11,16H,12,18H2. The van der Waals surface area contributed by atoms with E-state index in [4.69, 9.17) is 5.73 Å². The van der Waals surface area contributed by atoms with Crippen molar-refractivity contribution >= 4 is 10.9 Å². The highest BCUT2D eigenvalue weighted by Crippen LogP contribution is 2.23. The van der Waals surface area contributed by atoms with Crippen LogP contribution in [0.3, 0.4) is 0 Å². The van der Waals surface area contributed by atoms with Crippen LogP contribution in [0.5, 0.6) is 0 Å². The van der Waals surface area contributed by atoms with Gasteiger partial charge < -0.3 is 5.73 Å². The Morgan fingerprint density at radius 2 is 1.68 bits per heavy atom. The van der Waals surface area contributed by atoms with Crippen LogP contribution in [0.2, 0.25) is 0 Å². The third-order valence-corrected chi connectivity index (χ3v) is 3.36. The van der Waals surface area contributed by atoms with Gasteiger partial charge in [-0.3, -0.25) is 4.98 Å². The highest BCUT2D eigenvalue weighted by atomic mass is 14.7. The van der Waals surface area contributed by atoms with E-state index in [1.807, 2.05) is 36.5 Å². The Labute approximate surface area is 112 Å². The van der Waals surface area contributed by atoms with Crippen molar-refractivity contribution < 1.29 is 0 Å². The summed E-state index contributed by atoms with van der Waals surface area (Å²) in [4.78, 5) is 4.46. The fourth-order valence-corrected chi connectivity index (χ4v) is 2.41. The molecule has 0 aliphatic heterocycles. The Bertz CT molecular complexity index is 672. The van der Waals surface area contributed by atoms with Crippen LogP contribution in [0.1, 0.15) is 17.2 Å². The number of rotatable bonds is 3. The fourth-order valence-electron chi connectivity index (χ4n) is 2.41. The van der Waals surface area contributed by atoms with E-state index in [9.17, 15) is 0 Å². The van der Waals surface area contributed by atoms with Gasteiger partial charge in [0.15, 0.2) is 0 Å². The van der Waals surface area contributed by atoms with Crippen molar-refractivity contribution in [2.45, 2.75) is 12.5 Å². The minimum Gasteiger partial charge on any atom is -0.324 e. The van der Waals surface area contributed by atoms with Gasteiger partial charge in [-0.25, -0.2) is 0 Å². The van der Waals surface area contributed by atoms with Crippen molar-refractivity contribution in [1.82, 2.24) is 4.98 Å². The van der Waals surface area contributed by atoms with Gasteiger partial charge in [0.1, 0.15) is 0 Å². The topological polar surface area (TPSA) is 38.9 Å². The lowest BCUT2D eigenvalue weighted by atomic mass is 9.97. The lowest BCUT2D eigenvalue weighted by molar-refractivity contribution is 0.726. The second kappa shape index (κ2) is 5.21. The third kappa shape index (κ3) is 2.49. The fraction of sp³-hybridized carbons (Fsp3) is 0.118. The average Bonchev–Trinajstić information content (AvgIpc) is 2.47. The van der Waals surface area contributed by atoms with E-state index in [1.54, 1.807) is 0 Å². The van der Waals surface area contributed by atoms with Crippen molar-refractivity contribution in [3.8, 4) is 0 Å². The Kier molecular flexibility index (Phi) is 3.25. The van der Waals surface area contributed by atoms with Gasteiger partial charge in [0.2, 0.25) is 0 Å². The summed E-state index contributed by atoms with van der Waals surface area (Å²) in [5.74, 6) is 0. The molecule has 0 amide bonds. The number of benzene rings is 2. The van der Waals surface area contributed by atoms with Crippen molar-refractivity contribution in [1.29, 1.82) is 0 Å². The molecule has 0 bridgehead atoms. The lowest BCUT2D eigenvalue weighted by Crippen LogP contribution is -2.14. The molecule has 1 aromatic heterocycles. The SMILES string of the molecule is NC(Cc1ccccc1)c1cccc2cccnc12. The predicted molar refractivity (Wildman–Crippen MR) is 78.8 cm³/mol. The molecule has 0 aliphatic carbocycles. The van der Waals surface area contributed by atoms with E-state index in [0.717, 1.165) is 22.9 Å². The quantitative estimate of drug-likeness (QED) is 0.770. The van der Waals surface area contributed by atoms with E-state index < -0.39 is 0 Å². The number of pyridine rings is 1. The van der Waals surface area contributed by atoms with Crippen LogP contribution in [-0.2, 0) is 6.42 Å². The molecule has 0 saturated heterocycles. The van der Waals surface area contributed by atoms with Gasteiger partial charge in [-0.2, -0.15) is 0 Å². The molecule has 2 nitrogen and oxygen atoms in total. The molecule has 19 heavy (non-hydrogen) atoms. The molecule has 0 aliphatic rings. The Balaban J connectivity index is 1.96. The summed E-state index contributed by atoms with van der Waals surface area (Å²) in [5, 5.41) is 1.14. The molecule has 1 unspecified atom stereocenters. The molecule has 3 aromatic rings. The molecule has 94 valence electrons. The molecule has 2 aromatic carbocycles. The van der Waals surface area contributed by atoms with E-state index in [0.29, 0.717) is 0 Å². The highest BCUT2D eigenvalue weighted by Gasteiger charge is 2.11. The summed E-state index contributed by atoms with van der Waals surface area (Å²) in [6, 6.07) is 20.5. The molecule has 0 fully saturated rings. The number of aromatic nitrogens is 1. The van der Waals surface area contributed by atoms with Crippen LogP contribution < -0.4 is 5.73 Å². The molecule has 0 saturated carbocycles. The van der Waals surface area contributed by atoms with Crippen LogP contribution in [0, 0.1) is 0 Å². The average molecular weight is 248 g/mol. The number of nitrogens with two attached hydrogens (primary N) is 1. The monoisotopic (exact) mass is 248 g/mol. The maximum atomic E-state index is 6.35. The molecular weight excluding hydrogens is 232 g/mol. The summed E-state index contributed by atoms with van der Waals surface area (Å²) in [6.45, 7) is 0. The number of fused-ring (bicyclic) bond motifs is 1. The normalized spacial score (nSPS) is 12.5. The molecule has 1 heterocycles. The minimum atomic E-state index is -0.0269. The molecule has 3 rings (SSSR count). The van der Waals surface area contributed by atoms with E-state index in [-0.39, 0.29) is 6.04 Å². The first-order valence-corrected chi connectivity index (χ1v) is 6.48. The van der Waals surface area contributed by atoms with E-state index >= 15 is 0 Å². The molecule has 1 atom stereocenters. The number of para-hydroxylation sites is 1. The Hall–Kier alpha value is -2.19. The Morgan fingerprint density at radius 1 is 0.895 bits per heavy atom. The predicted octanol–water partition coefficient (Wildman–Crippen LogP) is 3.48. The van der Waals surface area contributed by atoms with Gasteiger partial charge >= 0.3 is 0 Å². The summed E-state index contributed by atoms with van der Waals surface area (Å²) in [7, 11) is 0. The first-order valence-electron chi connectivity index (χ1n) is 6.48. The Morgan fingerprint density at radius 3 is 2.53 bits per heavy atom. The van der Waals surface area contributed by atoms with Gasteiger partial charge in [0.25, 0.3) is 0 Å². The van der Waals surface area contributed by atoms with Gasteiger partial charge in [0, 0.05) is 17.6 Å². The van der Waals surface area contributed by atoms with Crippen molar-refractivity contribution in [2.75, 3.05) is 0 Å². The molecule has 2 heteroatoms. The van der Waals surface area contributed by atoms with Crippen LogP contribution in [-0.4, -0.2) is 4.98 Å². The van der Waals surface area contributed by atoms with Crippen LogP contribution in [0.4, 0.5) is 0 Å². The number of hydrogen-bond acceptors (Lipinski definition) is 2. The smallest absolute Gasteiger partial charge is 0.0749 e. The number of hydrogen-bond donors (Lipinski definition) is 1. The summed E-state index contributed by atoms with van der Waals surface area (Å²) in [5.41, 5.74) is 9.73. The third-order valence-electron chi connectivity index (χ3n) is 3.36. The molecular formula is C17H16N2. The molecule has 2 N–H and O–H groups in total. The zero-order chi connectivity index (χ0) is 13.1. The van der Waals surface area contributed by atoms with Crippen LogP contribution in [0.25, 0.3) is 10.9 Å². The van der Waals surface area contributed by atoms with E-state index in [2.05, 4.69) is 35.3 Å². The van der Waals surface area contributed by atoms with Gasteiger partial charge in [-0.15, -0.1) is 0 Å². The van der Waals surface area contributed by atoms with Gasteiger partial charge in [0.05, 0.1) is 5.52 Å². The number of nitrogens with zero attached hydrogens (tertiary/aromatic N) is 1. The summed E-state index contributed by atoms with van der Waals surface area (Å²) >= 11 is 0. The van der Waals surface area contributed by atoms with Gasteiger partial charge in [-0.05, 0) is 23.6 Å². The van der Waals surface area contributed by atoms with Crippen LogP contribution in [0.15, 0.2) is 66.9 Å². The van der Waals surface area contributed by atoms with Crippen molar-refractivity contribution in [2.24, 2.45) is 5.73 Å². The van der Waals surface area contributed by atoms with Crippen LogP contribution >= 0.6 is 0 Å². The maximum absolute atomic E-state index is 6.35. The maximum Gasteiger partial charge on any atom is 0.0749 e.